The number of carbonyl (C=O) groups excluding carboxylic acids is 4. The third-order valence-corrected chi connectivity index (χ3v) is 38.1. The van der Waals surface area contributed by atoms with Crippen molar-refractivity contribution in [3.8, 4) is 28.7 Å². The summed E-state index contributed by atoms with van der Waals surface area (Å²) in [5, 5.41) is 18.9. The summed E-state index contributed by atoms with van der Waals surface area (Å²) in [5.41, 5.74) is 10.1. The van der Waals surface area contributed by atoms with Crippen molar-refractivity contribution in [2.24, 2.45) is 35.5 Å². The molecule has 2 N–H and O–H groups in total. The molecule has 20 heteroatoms. The molecule has 746 valence electrons. The number of hydrogen-bond donors (Lipinski definition) is 2. The smallest absolute Gasteiger partial charge is 0.344 e. The molecule has 0 aromatic heterocycles. The predicted octanol–water partition coefficient (Wildman–Crippen LogP) is 27.3. The Bertz CT molecular complexity index is 6670. The molecule has 15 aromatic carbocycles. The summed E-state index contributed by atoms with van der Waals surface area (Å²) in [6, 6.07) is 127. The summed E-state index contributed by atoms with van der Waals surface area (Å²) in [7, 11) is 0.746. The van der Waals surface area contributed by atoms with E-state index in [0.717, 1.165) is 88.8 Å². The lowest BCUT2D eigenvalue weighted by Gasteiger charge is -2.41. The molecule has 0 amide bonds. The van der Waals surface area contributed by atoms with Crippen molar-refractivity contribution in [1.29, 1.82) is 0 Å². The molecule has 15 aromatic rings. The van der Waals surface area contributed by atoms with E-state index < -0.39 is 17.9 Å². The molecule has 4 aliphatic carbocycles. The van der Waals surface area contributed by atoms with Gasteiger partial charge in [-0.15, -0.1) is 0 Å². The molecule has 7 aliphatic rings. The summed E-state index contributed by atoms with van der Waals surface area (Å²) in [6.07, 6.45) is 3.86. The minimum atomic E-state index is -0.971. The highest BCUT2D eigenvalue weighted by atomic mass is 32.2. The van der Waals surface area contributed by atoms with Crippen LogP contribution in [0.4, 0.5) is 0 Å². The van der Waals surface area contributed by atoms with E-state index in [2.05, 4.69) is 329 Å². The van der Waals surface area contributed by atoms with Crippen molar-refractivity contribution in [1.82, 2.24) is 0 Å². The van der Waals surface area contributed by atoms with E-state index in [1.165, 1.54) is 84.6 Å². The lowest BCUT2D eigenvalue weighted by atomic mass is 9.67. The predicted molar refractivity (Wildman–Crippen MR) is 582 cm³/mol. The third kappa shape index (κ3) is 25.0. The molecule has 146 heavy (non-hydrogen) atoms. The van der Waals surface area contributed by atoms with Gasteiger partial charge in [-0.2, -0.15) is 0 Å². The van der Waals surface area contributed by atoms with Gasteiger partial charge in [0.15, 0.2) is 93.3 Å². The molecule has 0 spiro atoms. The van der Waals surface area contributed by atoms with Gasteiger partial charge >= 0.3 is 29.8 Å². The Morgan fingerprint density at radius 3 is 0.842 bits per heavy atom. The molecule has 10 atom stereocenters. The molecule has 7 fully saturated rings. The van der Waals surface area contributed by atoms with Crippen LogP contribution >= 0.6 is 0 Å². The van der Waals surface area contributed by atoms with Crippen LogP contribution < -0.4 is 18.9 Å². The van der Waals surface area contributed by atoms with E-state index in [1.54, 1.807) is 7.11 Å². The van der Waals surface area contributed by atoms with Gasteiger partial charge in [-0.25, -0.2) is 14.4 Å². The zero-order valence-corrected chi connectivity index (χ0v) is 87.6. The van der Waals surface area contributed by atoms with Gasteiger partial charge in [0.2, 0.25) is 0 Å². The zero-order chi connectivity index (χ0) is 101. The minimum absolute atomic E-state index is 0. The SMILES string of the molecule is C.COc1c(C)cc([S+](c2ccccc2)c2ccccc2)cc1C.Cc1cc([S+](c2ccccc2)c2ccccc2)cc(C)c1O.Cc1cc([S+](c2ccccc2)c2ccccc2)cc(C)c1OCC(=O)O.Cc1cc([S+](c2ccccc2)c2ccccc2)cc(C)c1OCC(=O)OC1C2CC3C(=O)OC1C3C2.Cc1cc([S+](c2ccccc2)c2ccccc2)cc(C)c1OCC(=O)OC1C2CC3CC(C2)C(=O)OC1C3. The Kier molecular flexibility index (Phi) is 35.4. The van der Waals surface area contributed by atoms with Crippen LogP contribution in [0.5, 0.6) is 28.7 Å². The number of fused-ring (bicyclic) bond motifs is 2. The normalized spacial score (nSPS) is 18.3. The Morgan fingerprint density at radius 1 is 0.301 bits per heavy atom. The van der Waals surface area contributed by atoms with E-state index in [4.69, 9.17) is 43.0 Å². The van der Waals surface area contributed by atoms with E-state index in [0.29, 0.717) is 28.9 Å². The minimum Gasteiger partial charge on any atom is -0.507 e. The Labute approximate surface area is 873 Å². The molecular weight excluding hydrogens is 1910 g/mol. The molecule has 3 aliphatic heterocycles. The van der Waals surface area contributed by atoms with Crippen LogP contribution in [-0.2, 0) is 97.4 Å². The van der Waals surface area contributed by atoms with Crippen molar-refractivity contribution in [2.45, 2.75) is 213 Å². The van der Waals surface area contributed by atoms with Gasteiger partial charge in [-0.1, -0.05) is 189 Å². The Morgan fingerprint density at radius 2 is 0.562 bits per heavy atom. The first kappa shape index (κ1) is 105. The largest absolute Gasteiger partial charge is 0.507 e. The maximum Gasteiger partial charge on any atom is 0.344 e. The number of carboxylic acid groups (broad SMARTS) is 1. The Balaban J connectivity index is 0.000000133. The number of hydrogen-bond acceptors (Lipinski definition) is 14. The number of carbonyl (C=O) groups is 5. The number of aryl methyl sites for hydroxylation is 10. The van der Waals surface area contributed by atoms with Crippen molar-refractivity contribution in [3.05, 3.63) is 420 Å². The first-order valence-electron chi connectivity index (χ1n) is 49.3. The standard InChI is InChI=1S/C32H33O5S.C30H29O5S.C22H20O3S.C21H21OS.C20H18OS.CH4/c1-20-13-27(38(25-9-5-3-6-10-25)26-11-7-4-8-12-26)14-21(2)30(20)35-19-29(33)37-31-23-15-22-16-24(18-23)32(34)36-28(31)17-22;1-18-13-23(36(21-9-5-3-6-10-21)22-11-7-4-8-12-22)14-19(2)27(18)33-17-26(31)34-28-20-15-24-25(16-20)30(32)35-29(24)28;1-16-13-20(14-17(2)22(16)25-15-21(23)24)26(18-9-5-3-6-10-18)19-11-7-4-8-12-19;1-16-14-20(15-17(2)21(16)22-3)23(18-10-6-4-7-11-18)19-12-8-5-9-13-19;1-15-13-19(14-16(2)20(15)21)22(17-9-5-3-6-10-17)18-11-7-4-8-12-18;/h3-14,22-24,28,31H,15-19H2,1-2H3;3-14,20,24-25,28-29H,15-17H2,1-2H3;3-14H,15H2,1-2H3;4-15H,1-3H3;3-14H,1-2H3;1H4/q2*+1;;+1;;/p+2. The molecule has 3 saturated heterocycles. The van der Waals surface area contributed by atoms with Crippen molar-refractivity contribution >= 4 is 84.3 Å². The first-order valence-corrected chi connectivity index (χ1v) is 55.4. The molecule has 15 nitrogen and oxygen atoms in total. The number of phenols is 1. The average molecular weight is 2040 g/mol. The zero-order valence-electron chi connectivity index (χ0n) is 83.5. The lowest BCUT2D eigenvalue weighted by molar-refractivity contribution is -0.174. The van der Waals surface area contributed by atoms with Gasteiger partial charge in [-0.3, -0.25) is 9.59 Å². The van der Waals surface area contributed by atoms with Crippen LogP contribution in [0.1, 0.15) is 102 Å². The van der Waals surface area contributed by atoms with Crippen molar-refractivity contribution < 1.29 is 72.1 Å². The second kappa shape index (κ2) is 49.1. The number of ether oxygens (including phenoxy) is 8. The molecule has 0 radical (unpaired) electrons. The number of aliphatic carboxylic acids is 1. The molecular formula is C126H127O15S5+5. The number of esters is 4. The number of carboxylic acids is 1. The summed E-state index contributed by atoms with van der Waals surface area (Å²) < 4.78 is 45.9. The second-order valence-corrected chi connectivity index (χ2v) is 47.8. The second-order valence-electron chi connectivity index (χ2n) is 37.6. The van der Waals surface area contributed by atoms with Crippen molar-refractivity contribution in [3.63, 3.8) is 0 Å². The topological polar surface area (TPSA) is 200 Å². The van der Waals surface area contributed by atoms with Crippen molar-refractivity contribution in [2.75, 3.05) is 26.9 Å². The summed E-state index contributed by atoms with van der Waals surface area (Å²) in [4.78, 5) is 79.6. The number of methoxy groups -OCH3 is 1. The van der Waals surface area contributed by atoms with E-state index in [1.807, 2.05) is 104 Å². The highest BCUT2D eigenvalue weighted by Gasteiger charge is 2.63. The number of benzene rings is 15. The number of aromatic hydroxyl groups is 1. The quantitative estimate of drug-likeness (QED) is 0.0280. The van der Waals surface area contributed by atoms with E-state index in [9.17, 15) is 29.1 Å². The van der Waals surface area contributed by atoms with Gasteiger partial charge in [0.25, 0.3) is 0 Å². The van der Waals surface area contributed by atoms with Gasteiger partial charge in [0.05, 0.1) is 73.4 Å². The molecule has 22 rings (SSSR count). The fourth-order valence-corrected chi connectivity index (χ4v) is 32.4. The number of phenolic OH excluding ortho intramolecular Hbond substituents is 1. The Hall–Kier alpha value is -13.6. The highest BCUT2D eigenvalue weighted by Crippen LogP contribution is 2.56. The monoisotopic (exact) mass is 2040 g/mol. The van der Waals surface area contributed by atoms with Crippen LogP contribution in [0.15, 0.2) is 437 Å². The molecule has 3 heterocycles. The highest BCUT2D eigenvalue weighted by molar-refractivity contribution is 7.98. The van der Waals surface area contributed by atoms with Crippen LogP contribution in [0, 0.1) is 105 Å². The summed E-state index contributed by atoms with van der Waals surface area (Å²) >= 11 is 0. The first-order chi connectivity index (χ1) is 70.4. The molecule has 10 unspecified atom stereocenters. The van der Waals surface area contributed by atoms with E-state index in [-0.39, 0.29) is 148 Å². The van der Waals surface area contributed by atoms with Gasteiger partial charge < -0.3 is 48.1 Å². The van der Waals surface area contributed by atoms with Crippen LogP contribution in [0.3, 0.4) is 0 Å². The summed E-state index contributed by atoms with van der Waals surface area (Å²) in [6.45, 7) is 19.5. The van der Waals surface area contributed by atoms with Crippen LogP contribution in [0.25, 0.3) is 0 Å². The third-order valence-electron chi connectivity index (χ3n) is 27.2. The maximum atomic E-state index is 12.9. The maximum absolute atomic E-state index is 12.9. The van der Waals surface area contributed by atoms with Gasteiger partial charge in [0, 0.05) is 78.4 Å². The fraction of sp³-hybridized carbons (Fsp3) is 0.246. The fourth-order valence-electron chi connectivity index (χ4n) is 21.0. The van der Waals surface area contributed by atoms with E-state index >= 15 is 0 Å². The van der Waals surface area contributed by atoms with Gasteiger partial charge in [-0.05, 0) is 291 Å². The molecule has 6 bridgehead atoms. The lowest BCUT2D eigenvalue weighted by Crippen LogP contribution is -2.45. The van der Waals surface area contributed by atoms with Crippen LogP contribution in [0.2, 0.25) is 0 Å². The molecule has 4 saturated carbocycles. The number of rotatable bonds is 27. The summed E-state index contributed by atoms with van der Waals surface area (Å²) in [5.74, 6) is 2.52. The average Bonchev–Trinajstić information content (AvgIpc) is 1.57. The van der Waals surface area contributed by atoms with Crippen LogP contribution in [-0.4, -0.2) is 91.4 Å². The van der Waals surface area contributed by atoms with Gasteiger partial charge in [0.1, 0.15) is 53.2 Å².